The molecule has 68 valence electrons. The van der Waals surface area contributed by atoms with Gasteiger partial charge >= 0.3 is 5.97 Å². The highest BCUT2D eigenvalue weighted by Gasteiger charge is 2.13. The summed E-state index contributed by atoms with van der Waals surface area (Å²) in [7, 11) is 0. The molecule has 0 unspecified atom stereocenters. The van der Waals surface area contributed by atoms with Gasteiger partial charge in [0, 0.05) is 0 Å². The van der Waals surface area contributed by atoms with Crippen LogP contribution in [-0.2, 0) is 14.3 Å². The lowest BCUT2D eigenvalue weighted by atomic mass is 10.3. The van der Waals surface area contributed by atoms with Gasteiger partial charge < -0.3 is 9.47 Å². The van der Waals surface area contributed by atoms with Crippen LogP contribution in [0, 0.1) is 0 Å². The summed E-state index contributed by atoms with van der Waals surface area (Å²) in [6.07, 6.45) is 4.80. The van der Waals surface area contributed by atoms with E-state index in [4.69, 9.17) is 4.74 Å². The molecule has 0 radical (unpaired) electrons. The van der Waals surface area contributed by atoms with Gasteiger partial charge in [0.25, 0.3) is 0 Å². The van der Waals surface area contributed by atoms with Crippen LogP contribution in [-0.4, -0.2) is 19.2 Å². The Balaban J connectivity index is 2.07. The average Bonchev–Trinajstić information content (AvgIpc) is 2.45. The van der Waals surface area contributed by atoms with Crippen molar-refractivity contribution < 1.29 is 14.3 Å². The van der Waals surface area contributed by atoms with Crippen molar-refractivity contribution in [3.8, 4) is 0 Å². The van der Waals surface area contributed by atoms with Gasteiger partial charge in [0.1, 0.15) is 12.4 Å². The van der Waals surface area contributed by atoms with Crippen LogP contribution in [0.3, 0.4) is 0 Å². The summed E-state index contributed by atoms with van der Waals surface area (Å²) >= 11 is 0. The van der Waals surface area contributed by atoms with Crippen molar-refractivity contribution in [2.45, 2.75) is 26.2 Å². The van der Waals surface area contributed by atoms with Crippen LogP contribution >= 0.6 is 0 Å². The second-order valence-electron chi connectivity index (χ2n) is 2.77. The number of hydrogen-bond donors (Lipinski definition) is 0. The summed E-state index contributed by atoms with van der Waals surface area (Å²) in [5.74, 6) is 0.372. The normalized spacial score (nSPS) is 15.8. The van der Waals surface area contributed by atoms with Crippen LogP contribution in [0.25, 0.3) is 0 Å². The van der Waals surface area contributed by atoms with E-state index in [-0.39, 0.29) is 5.97 Å². The SMILES string of the molecule is CCCCCOC1=CC(=O)OC1. The summed E-state index contributed by atoms with van der Waals surface area (Å²) in [4.78, 5) is 10.6. The van der Waals surface area contributed by atoms with Gasteiger partial charge in [-0.15, -0.1) is 0 Å². The molecular weight excluding hydrogens is 156 g/mol. The Morgan fingerprint density at radius 2 is 2.42 bits per heavy atom. The molecule has 0 aromatic rings. The number of rotatable bonds is 5. The molecule has 0 aliphatic carbocycles. The molecule has 3 nitrogen and oxygen atoms in total. The highest BCUT2D eigenvalue weighted by molar-refractivity contribution is 5.84. The third kappa shape index (κ3) is 2.95. The lowest BCUT2D eigenvalue weighted by Gasteiger charge is -2.03. The van der Waals surface area contributed by atoms with E-state index in [0.717, 1.165) is 6.42 Å². The molecule has 0 saturated carbocycles. The summed E-state index contributed by atoms with van der Waals surface area (Å²) in [5, 5.41) is 0. The summed E-state index contributed by atoms with van der Waals surface area (Å²) in [6, 6.07) is 0. The Bertz CT molecular complexity index is 184. The molecule has 0 fully saturated rings. The van der Waals surface area contributed by atoms with Crippen LogP contribution in [0.5, 0.6) is 0 Å². The molecule has 0 bridgehead atoms. The van der Waals surface area contributed by atoms with Crippen LogP contribution in [0.4, 0.5) is 0 Å². The molecule has 0 saturated heterocycles. The quantitative estimate of drug-likeness (QED) is 0.464. The summed E-state index contributed by atoms with van der Waals surface area (Å²) in [5.41, 5.74) is 0. The number of ether oxygens (including phenoxy) is 2. The Labute approximate surface area is 72.4 Å². The number of hydrogen-bond acceptors (Lipinski definition) is 3. The number of cyclic esters (lactones) is 1. The van der Waals surface area contributed by atoms with Gasteiger partial charge in [-0.3, -0.25) is 0 Å². The third-order valence-corrected chi connectivity index (χ3v) is 1.67. The maximum atomic E-state index is 10.6. The monoisotopic (exact) mass is 170 g/mol. The standard InChI is InChI=1S/C9H14O3/c1-2-3-4-5-11-8-6-9(10)12-7-8/h6H,2-5,7H2,1H3. The first-order valence-electron chi connectivity index (χ1n) is 4.33. The number of carbonyl (C=O) groups is 1. The molecule has 0 aromatic carbocycles. The van der Waals surface area contributed by atoms with Gasteiger partial charge in [-0.05, 0) is 6.42 Å². The van der Waals surface area contributed by atoms with E-state index >= 15 is 0 Å². The Morgan fingerprint density at radius 1 is 1.58 bits per heavy atom. The molecule has 0 atom stereocenters. The van der Waals surface area contributed by atoms with Gasteiger partial charge in [-0.25, -0.2) is 4.79 Å². The van der Waals surface area contributed by atoms with E-state index in [1.807, 2.05) is 0 Å². The molecule has 12 heavy (non-hydrogen) atoms. The van der Waals surface area contributed by atoms with Gasteiger partial charge in [0.05, 0.1) is 12.7 Å². The van der Waals surface area contributed by atoms with E-state index < -0.39 is 0 Å². The molecule has 0 amide bonds. The highest BCUT2D eigenvalue weighted by Crippen LogP contribution is 2.08. The zero-order chi connectivity index (χ0) is 8.81. The summed E-state index contributed by atoms with van der Waals surface area (Å²) < 4.78 is 9.96. The van der Waals surface area contributed by atoms with Crippen molar-refractivity contribution in [2.24, 2.45) is 0 Å². The summed E-state index contributed by atoms with van der Waals surface area (Å²) in [6.45, 7) is 3.14. The second-order valence-corrected chi connectivity index (χ2v) is 2.77. The van der Waals surface area contributed by atoms with Crippen molar-refractivity contribution in [1.82, 2.24) is 0 Å². The van der Waals surface area contributed by atoms with Gasteiger partial charge in [0.2, 0.25) is 0 Å². The first-order valence-corrected chi connectivity index (χ1v) is 4.33. The minimum atomic E-state index is -0.291. The zero-order valence-electron chi connectivity index (χ0n) is 7.34. The predicted octanol–water partition coefficient (Wildman–Crippen LogP) is 1.63. The Hall–Kier alpha value is -0.990. The first-order chi connectivity index (χ1) is 5.83. The van der Waals surface area contributed by atoms with Crippen LogP contribution in [0.15, 0.2) is 11.8 Å². The number of esters is 1. The Kier molecular flexibility index (Phi) is 3.64. The van der Waals surface area contributed by atoms with Crippen molar-refractivity contribution >= 4 is 5.97 Å². The van der Waals surface area contributed by atoms with Gasteiger partial charge in [-0.2, -0.15) is 0 Å². The van der Waals surface area contributed by atoms with E-state index in [2.05, 4.69) is 11.7 Å². The molecule has 1 aliphatic heterocycles. The van der Waals surface area contributed by atoms with E-state index in [0.29, 0.717) is 19.0 Å². The lowest BCUT2D eigenvalue weighted by Crippen LogP contribution is -1.97. The minimum Gasteiger partial charge on any atom is -0.494 e. The maximum absolute atomic E-state index is 10.6. The first kappa shape index (κ1) is 9.10. The predicted molar refractivity (Wildman–Crippen MR) is 44.5 cm³/mol. The van der Waals surface area contributed by atoms with E-state index in [9.17, 15) is 4.79 Å². The second kappa shape index (κ2) is 4.80. The topological polar surface area (TPSA) is 35.5 Å². The third-order valence-electron chi connectivity index (χ3n) is 1.67. The van der Waals surface area contributed by atoms with Gasteiger partial charge in [0.15, 0.2) is 0 Å². The molecule has 1 aliphatic rings. The lowest BCUT2D eigenvalue weighted by molar-refractivity contribution is -0.135. The maximum Gasteiger partial charge on any atom is 0.334 e. The molecular formula is C9H14O3. The minimum absolute atomic E-state index is 0.291. The molecule has 1 rings (SSSR count). The van der Waals surface area contributed by atoms with E-state index in [1.54, 1.807) is 0 Å². The molecule has 0 spiro atoms. The molecule has 1 heterocycles. The zero-order valence-corrected chi connectivity index (χ0v) is 7.34. The molecule has 0 N–H and O–H groups in total. The fourth-order valence-electron chi connectivity index (χ4n) is 0.996. The Morgan fingerprint density at radius 3 is 3.00 bits per heavy atom. The van der Waals surface area contributed by atoms with E-state index in [1.165, 1.54) is 18.9 Å². The van der Waals surface area contributed by atoms with Gasteiger partial charge in [-0.1, -0.05) is 19.8 Å². The fraction of sp³-hybridized carbons (Fsp3) is 0.667. The van der Waals surface area contributed by atoms with Crippen molar-refractivity contribution in [2.75, 3.05) is 13.2 Å². The van der Waals surface area contributed by atoms with Crippen molar-refractivity contribution in [1.29, 1.82) is 0 Å². The van der Waals surface area contributed by atoms with Crippen molar-refractivity contribution in [3.05, 3.63) is 11.8 Å². The fourth-order valence-corrected chi connectivity index (χ4v) is 0.996. The number of unbranched alkanes of at least 4 members (excludes halogenated alkanes) is 2. The average molecular weight is 170 g/mol. The van der Waals surface area contributed by atoms with Crippen LogP contribution < -0.4 is 0 Å². The highest BCUT2D eigenvalue weighted by atomic mass is 16.6. The smallest absolute Gasteiger partial charge is 0.334 e. The van der Waals surface area contributed by atoms with Crippen LogP contribution in [0.2, 0.25) is 0 Å². The largest absolute Gasteiger partial charge is 0.494 e. The van der Waals surface area contributed by atoms with Crippen LogP contribution in [0.1, 0.15) is 26.2 Å². The number of carbonyl (C=O) groups excluding carboxylic acids is 1. The van der Waals surface area contributed by atoms with Crippen molar-refractivity contribution in [3.63, 3.8) is 0 Å². The molecule has 3 heteroatoms. The molecule has 0 aromatic heterocycles.